The van der Waals surface area contributed by atoms with Crippen LogP contribution in [0.25, 0.3) is 32.0 Å². The maximum absolute atomic E-state index is 9.56. The molecule has 8 heteroatoms. The van der Waals surface area contributed by atoms with Gasteiger partial charge in [0.05, 0.1) is 34.5 Å². The number of thiophene rings is 1. The first-order chi connectivity index (χ1) is 17.7. The van der Waals surface area contributed by atoms with Crippen LogP contribution in [0, 0.1) is 5.92 Å². The van der Waals surface area contributed by atoms with Gasteiger partial charge in [-0.1, -0.05) is 48.5 Å². The molecule has 0 bridgehead atoms. The second-order valence-electron chi connectivity index (χ2n) is 9.27. The van der Waals surface area contributed by atoms with Gasteiger partial charge in [-0.3, -0.25) is 0 Å². The molecular weight excluding hydrogens is 468 g/mol. The van der Waals surface area contributed by atoms with E-state index in [1.807, 2.05) is 24.5 Å². The molecule has 0 saturated carbocycles. The average molecular weight is 497 g/mol. The lowest BCUT2D eigenvalue weighted by Gasteiger charge is -2.34. The second-order valence-corrected chi connectivity index (χ2v) is 10.3. The van der Waals surface area contributed by atoms with E-state index in [4.69, 9.17) is 10.7 Å². The molecule has 3 aromatic heterocycles. The monoisotopic (exact) mass is 496 g/mol. The number of anilines is 2. The molecule has 5 aromatic rings. The minimum Gasteiger partial charge on any atom is -0.396 e. The molecule has 0 aliphatic carbocycles. The number of para-hydroxylation sites is 1. The zero-order valence-corrected chi connectivity index (χ0v) is 20.7. The molecule has 182 valence electrons. The lowest BCUT2D eigenvalue weighted by atomic mass is 9.97. The third kappa shape index (κ3) is 4.23. The van der Waals surface area contributed by atoms with Crippen LogP contribution in [0.3, 0.4) is 0 Å². The fourth-order valence-electron chi connectivity index (χ4n) is 5.05. The summed E-state index contributed by atoms with van der Waals surface area (Å²) in [6.07, 6.45) is 5.49. The van der Waals surface area contributed by atoms with Crippen LogP contribution in [-0.4, -0.2) is 44.3 Å². The summed E-state index contributed by atoms with van der Waals surface area (Å²) in [5.41, 5.74) is 11.7. The van der Waals surface area contributed by atoms with E-state index in [0.717, 1.165) is 58.0 Å². The number of aliphatic hydroxyl groups is 1. The number of hydrogen-bond acceptors (Lipinski definition) is 7. The summed E-state index contributed by atoms with van der Waals surface area (Å²) < 4.78 is 2.23. The van der Waals surface area contributed by atoms with E-state index in [9.17, 15) is 5.11 Å². The third-order valence-electron chi connectivity index (χ3n) is 7.02. The van der Waals surface area contributed by atoms with Gasteiger partial charge < -0.3 is 20.3 Å². The third-order valence-corrected chi connectivity index (χ3v) is 8.07. The van der Waals surface area contributed by atoms with Crippen molar-refractivity contribution in [3.8, 4) is 21.8 Å². The Morgan fingerprint density at radius 2 is 1.75 bits per heavy atom. The van der Waals surface area contributed by atoms with Crippen molar-refractivity contribution < 1.29 is 5.11 Å². The number of benzene rings is 2. The smallest absolute Gasteiger partial charge is 0.135 e. The first-order valence-electron chi connectivity index (χ1n) is 12.3. The molecule has 0 radical (unpaired) electrons. The first-order valence-corrected chi connectivity index (χ1v) is 13.1. The predicted octanol–water partition coefficient (Wildman–Crippen LogP) is 5.06. The van der Waals surface area contributed by atoms with Gasteiger partial charge in [-0.05, 0) is 36.5 Å². The molecule has 3 N–H and O–H groups in total. The molecule has 2 aromatic carbocycles. The number of hydrogen-bond donors (Lipinski definition) is 2. The fourth-order valence-corrected chi connectivity index (χ4v) is 6.12. The van der Waals surface area contributed by atoms with E-state index >= 15 is 0 Å². The summed E-state index contributed by atoms with van der Waals surface area (Å²) in [5.74, 6) is 0.900. The van der Waals surface area contributed by atoms with Crippen LogP contribution < -0.4 is 10.6 Å². The van der Waals surface area contributed by atoms with E-state index in [0.29, 0.717) is 18.3 Å². The van der Waals surface area contributed by atoms with Crippen LogP contribution >= 0.6 is 11.3 Å². The quantitative estimate of drug-likeness (QED) is 0.341. The SMILES string of the molecule is Nc1ncnc2sc(-c3c(-c4ccccc4)ncn3Cc3ccccc3N3CCC(CO)CC3)cc12. The maximum atomic E-state index is 9.56. The zero-order chi connectivity index (χ0) is 24.5. The molecule has 0 spiro atoms. The molecule has 1 saturated heterocycles. The number of nitrogens with two attached hydrogens (primary N) is 1. The van der Waals surface area contributed by atoms with Crippen molar-refractivity contribution >= 4 is 33.1 Å². The van der Waals surface area contributed by atoms with Crippen molar-refractivity contribution in [3.05, 3.63) is 78.9 Å². The molecule has 0 atom stereocenters. The normalized spacial score (nSPS) is 14.5. The van der Waals surface area contributed by atoms with Gasteiger partial charge in [0.15, 0.2) is 0 Å². The van der Waals surface area contributed by atoms with Gasteiger partial charge in [-0.25, -0.2) is 15.0 Å². The van der Waals surface area contributed by atoms with Gasteiger partial charge in [0, 0.05) is 30.9 Å². The van der Waals surface area contributed by atoms with Gasteiger partial charge in [0.1, 0.15) is 17.0 Å². The van der Waals surface area contributed by atoms with Crippen molar-refractivity contribution in [2.45, 2.75) is 19.4 Å². The highest BCUT2D eigenvalue weighted by molar-refractivity contribution is 7.21. The molecule has 36 heavy (non-hydrogen) atoms. The molecule has 0 unspecified atom stereocenters. The molecule has 1 aliphatic rings. The van der Waals surface area contributed by atoms with E-state index in [1.165, 1.54) is 17.6 Å². The Kier molecular flexibility index (Phi) is 6.13. The number of nitrogen functional groups attached to an aromatic ring is 1. The lowest BCUT2D eigenvalue weighted by Crippen LogP contribution is -2.35. The van der Waals surface area contributed by atoms with Gasteiger partial charge in [-0.15, -0.1) is 11.3 Å². The Balaban J connectivity index is 1.42. The van der Waals surface area contributed by atoms with E-state index < -0.39 is 0 Å². The van der Waals surface area contributed by atoms with Gasteiger partial charge >= 0.3 is 0 Å². The average Bonchev–Trinajstić information content (AvgIpc) is 3.54. The zero-order valence-electron chi connectivity index (χ0n) is 19.9. The van der Waals surface area contributed by atoms with Crippen LogP contribution in [0.1, 0.15) is 18.4 Å². The van der Waals surface area contributed by atoms with E-state index in [2.05, 4.69) is 61.9 Å². The Hall–Kier alpha value is -3.75. The summed E-state index contributed by atoms with van der Waals surface area (Å²) in [7, 11) is 0. The van der Waals surface area contributed by atoms with Gasteiger partial charge in [0.25, 0.3) is 0 Å². The number of imidazole rings is 1. The highest BCUT2D eigenvalue weighted by Crippen LogP contribution is 2.39. The number of aliphatic hydroxyl groups excluding tert-OH is 1. The number of aromatic nitrogens is 4. The largest absolute Gasteiger partial charge is 0.396 e. The topological polar surface area (TPSA) is 93.1 Å². The van der Waals surface area contributed by atoms with E-state index in [1.54, 1.807) is 11.3 Å². The van der Waals surface area contributed by atoms with Crippen molar-refractivity contribution in [2.24, 2.45) is 5.92 Å². The molecule has 1 fully saturated rings. The first kappa shape index (κ1) is 22.7. The van der Waals surface area contributed by atoms with Crippen LogP contribution in [0.4, 0.5) is 11.5 Å². The Morgan fingerprint density at radius 3 is 2.53 bits per heavy atom. The fraction of sp³-hybridized carbons (Fsp3) is 0.250. The Labute approximate surface area is 213 Å². The number of nitrogens with zero attached hydrogens (tertiary/aromatic N) is 5. The summed E-state index contributed by atoms with van der Waals surface area (Å²) in [5, 5.41) is 10.4. The summed E-state index contributed by atoms with van der Waals surface area (Å²) in [6.45, 7) is 2.89. The maximum Gasteiger partial charge on any atom is 0.135 e. The minimum atomic E-state index is 0.278. The second kappa shape index (κ2) is 9.72. The van der Waals surface area contributed by atoms with Crippen molar-refractivity contribution in [2.75, 3.05) is 30.3 Å². The lowest BCUT2D eigenvalue weighted by molar-refractivity contribution is 0.203. The van der Waals surface area contributed by atoms with Crippen molar-refractivity contribution in [3.63, 3.8) is 0 Å². The number of piperidine rings is 1. The molecule has 1 aliphatic heterocycles. The van der Waals surface area contributed by atoms with Crippen LogP contribution in [0.5, 0.6) is 0 Å². The number of fused-ring (bicyclic) bond motifs is 1. The van der Waals surface area contributed by atoms with Crippen LogP contribution in [0.2, 0.25) is 0 Å². The Morgan fingerprint density at radius 1 is 0.972 bits per heavy atom. The molecule has 0 amide bonds. The van der Waals surface area contributed by atoms with Crippen LogP contribution in [-0.2, 0) is 6.54 Å². The number of rotatable bonds is 6. The van der Waals surface area contributed by atoms with Crippen LogP contribution in [0.15, 0.2) is 73.3 Å². The standard InChI is InChI=1S/C28H28N6OS/c29-27-22-14-24(36-28(22)31-17-30-27)26-25(20-6-2-1-3-7-20)32-18-34(26)15-21-8-4-5-9-23(21)33-12-10-19(16-35)11-13-33/h1-9,14,17-19,35H,10-13,15-16H2,(H2,29,30,31). The summed E-state index contributed by atoms with van der Waals surface area (Å²) >= 11 is 1.61. The highest BCUT2D eigenvalue weighted by Gasteiger charge is 2.22. The van der Waals surface area contributed by atoms with Crippen molar-refractivity contribution in [1.82, 2.24) is 19.5 Å². The van der Waals surface area contributed by atoms with Gasteiger partial charge in [-0.2, -0.15) is 0 Å². The molecular formula is C28H28N6OS. The highest BCUT2D eigenvalue weighted by atomic mass is 32.1. The Bertz CT molecular complexity index is 1490. The summed E-state index contributed by atoms with van der Waals surface area (Å²) in [4.78, 5) is 17.9. The minimum absolute atomic E-state index is 0.278. The molecule has 4 heterocycles. The van der Waals surface area contributed by atoms with Gasteiger partial charge in [0.2, 0.25) is 0 Å². The molecule has 7 nitrogen and oxygen atoms in total. The summed E-state index contributed by atoms with van der Waals surface area (Å²) in [6, 6.07) is 21.0. The predicted molar refractivity (Wildman–Crippen MR) is 146 cm³/mol. The van der Waals surface area contributed by atoms with Crippen molar-refractivity contribution in [1.29, 1.82) is 0 Å². The van der Waals surface area contributed by atoms with E-state index in [-0.39, 0.29) is 6.61 Å². The molecule has 6 rings (SSSR count).